The number of benzene rings is 3. The lowest BCUT2D eigenvalue weighted by molar-refractivity contribution is -0.384. The first-order valence-electron chi connectivity index (χ1n) is 8.49. The number of non-ortho nitro benzene ring substituents is 1. The molecule has 0 aliphatic heterocycles. The molecule has 0 aliphatic carbocycles. The molecule has 0 aliphatic rings. The highest BCUT2D eigenvalue weighted by atomic mass is 16.6. The van der Waals surface area contributed by atoms with Gasteiger partial charge in [-0.2, -0.15) is 5.26 Å². The molecule has 0 amide bonds. The van der Waals surface area contributed by atoms with Crippen LogP contribution in [0.4, 0.5) is 5.69 Å². The molecule has 0 aromatic heterocycles. The summed E-state index contributed by atoms with van der Waals surface area (Å²) in [6, 6.07) is 27.3. The zero-order valence-corrected chi connectivity index (χ0v) is 14.5. The van der Waals surface area contributed by atoms with Crippen LogP contribution in [0, 0.1) is 21.4 Å². The number of hydrogen-bond donors (Lipinski definition) is 0. The fourth-order valence-corrected chi connectivity index (χ4v) is 2.80. The molecule has 5 nitrogen and oxygen atoms in total. The van der Waals surface area contributed by atoms with Gasteiger partial charge in [0.05, 0.1) is 16.7 Å². The zero-order chi connectivity index (χ0) is 19.1. The second-order valence-electron chi connectivity index (χ2n) is 5.99. The summed E-state index contributed by atoms with van der Waals surface area (Å²) in [5.41, 5.74) is 3.29. The standard InChI is InChI=1S/C22H17N3O2/c23-16-20(14-17-8-7-13-21(15-17)25(26)27)24-22(18-9-3-1-4-10-18)19-11-5-2-6-12-19/h1-13,15,20H,14H2. The van der Waals surface area contributed by atoms with Gasteiger partial charge in [0.2, 0.25) is 0 Å². The van der Waals surface area contributed by atoms with Crippen LogP contribution in [0.1, 0.15) is 16.7 Å². The van der Waals surface area contributed by atoms with Gasteiger partial charge in [0, 0.05) is 29.7 Å². The molecule has 1 atom stereocenters. The summed E-state index contributed by atoms with van der Waals surface area (Å²) in [6.07, 6.45) is 0.307. The number of nitro benzene ring substituents is 1. The third-order valence-corrected chi connectivity index (χ3v) is 4.08. The van der Waals surface area contributed by atoms with Gasteiger partial charge in [0.25, 0.3) is 5.69 Å². The summed E-state index contributed by atoms with van der Waals surface area (Å²) in [4.78, 5) is 15.2. The smallest absolute Gasteiger partial charge is 0.265 e. The maximum absolute atomic E-state index is 11.0. The Morgan fingerprint density at radius 2 is 1.56 bits per heavy atom. The van der Waals surface area contributed by atoms with E-state index in [0.717, 1.165) is 16.8 Å². The lowest BCUT2D eigenvalue weighted by Crippen LogP contribution is -2.12. The highest BCUT2D eigenvalue weighted by molar-refractivity contribution is 6.13. The van der Waals surface area contributed by atoms with Crippen molar-refractivity contribution in [1.82, 2.24) is 0 Å². The van der Waals surface area contributed by atoms with E-state index >= 15 is 0 Å². The molecular formula is C22H17N3O2. The van der Waals surface area contributed by atoms with E-state index in [9.17, 15) is 15.4 Å². The molecule has 3 rings (SSSR count). The maximum atomic E-state index is 11.0. The van der Waals surface area contributed by atoms with E-state index in [1.807, 2.05) is 60.7 Å². The average Bonchev–Trinajstić information content (AvgIpc) is 2.72. The van der Waals surface area contributed by atoms with E-state index in [2.05, 4.69) is 6.07 Å². The first-order chi connectivity index (χ1) is 13.2. The van der Waals surface area contributed by atoms with Crippen molar-refractivity contribution < 1.29 is 4.92 Å². The summed E-state index contributed by atoms with van der Waals surface area (Å²) < 4.78 is 0. The maximum Gasteiger partial charge on any atom is 0.269 e. The van der Waals surface area contributed by atoms with Crippen LogP contribution in [0.5, 0.6) is 0 Å². The van der Waals surface area contributed by atoms with Gasteiger partial charge in [0.1, 0.15) is 6.04 Å². The van der Waals surface area contributed by atoms with Gasteiger partial charge in [-0.15, -0.1) is 0 Å². The van der Waals surface area contributed by atoms with Crippen LogP contribution in [-0.2, 0) is 6.42 Å². The minimum atomic E-state index is -0.651. The van der Waals surface area contributed by atoms with Crippen molar-refractivity contribution in [3.63, 3.8) is 0 Å². The van der Waals surface area contributed by atoms with Crippen LogP contribution >= 0.6 is 0 Å². The Balaban J connectivity index is 1.96. The first kappa shape index (κ1) is 18.0. The number of hydrogen-bond acceptors (Lipinski definition) is 4. The molecule has 0 N–H and O–H groups in total. The van der Waals surface area contributed by atoms with Crippen molar-refractivity contribution in [2.75, 3.05) is 0 Å². The largest absolute Gasteiger partial charge is 0.269 e. The third-order valence-electron chi connectivity index (χ3n) is 4.08. The minimum Gasteiger partial charge on any atom is -0.265 e. The van der Waals surface area contributed by atoms with Crippen LogP contribution in [0.25, 0.3) is 0 Å². The van der Waals surface area contributed by atoms with E-state index < -0.39 is 11.0 Å². The van der Waals surface area contributed by atoms with Crippen molar-refractivity contribution in [3.05, 3.63) is 112 Å². The van der Waals surface area contributed by atoms with E-state index in [4.69, 9.17) is 4.99 Å². The predicted molar refractivity (Wildman–Crippen MR) is 105 cm³/mol. The number of rotatable bonds is 6. The molecular weight excluding hydrogens is 338 g/mol. The second-order valence-corrected chi connectivity index (χ2v) is 5.99. The lowest BCUT2D eigenvalue weighted by atomic mass is 10.0. The average molecular weight is 355 g/mol. The topological polar surface area (TPSA) is 79.3 Å². The molecule has 132 valence electrons. The van der Waals surface area contributed by atoms with Gasteiger partial charge in [0.15, 0.2) is 0 Å². The summed E-state index contributed by atoms with van der Waals surface area (Å²) >= 11 is 0. The van der Waals surface area contributed by atoms with Crippen molar-refractivity contribution in [3.8, 4) is 6.07 Å². The van der Waals surface area contributed by atoms with Crippen molar-refractivity contribution >= 4 is 11.4 Å². The van der Waals surface area contributed by atoms with E-state index in [1.54, 1.807) is 12.1 Å². The van der Waals surface area contributed by atoms with E-state index in [-0.39, 0.29) is 5.69 Å². The number of nitrogens with zero attached hydrogens (tertiary/aromatic N) is 3. The summed E-state index contributed by atoms with van der Waals surface area (Å²) in [6.45, 7) is 0. The number of nitriles is 1. The summed E-state index contributed by atoms with van der Waals surface area (Å²) in [7, 11) is 0. The molecule has 0 bridgehead atoms. The van der Waals surface area contributed by atoms with Crippen molar-refractivity contribution in [2.45, 2.75) is 12.5 Å². The van der Waals surface area contributed by atoms with Crippen LogP contribution < -0.4 is 0 Å². The van der Waals surface area contributed by atoms with Crippen LogP contribution in [-0.4, -0.2) is 16.7 Å². The Bertz CT molecular complexity index is 951. The Hall–Kier alpha value is -3.78. The molecule has 1 unspecified atom stereocenters. The van der Waals surface area contributed by atoms with Gasteiger partial charge >= 0.3 is 0 Å². The summed E-state index contributed by atoms with van der Waals surface area (Å²) in [5, 5.41) is 20.6. The second kappa shape index (κ2) is 8.54. The molecule has 0 spiro atoms. The van der Waals surface area contributed by atoms with Gasteiger partial charge in [-0.25, -0.2) is 0 Å². The molecule has 3 aromatic carbocycles. The highest BCUT2D eigenvalue weighted by Crippen LogP contribution is 2.17. The third kappa shape index (κ3) is 4.65. The lowest BCUT2D eigenvalue weighted by Gasteiger charge is -2.11. The molecule has 0 saturated heterocycles. The predicted octanol–water partition coefficient (Wildman–Crippen LogP) is 4.57. The Labute approximate surface area is 157 Å². The molecule has 0 heterocycles. The molecule has 0 radical (unpaired) electrons. The van der Waals surface area contributed by atoms with Gasteiger partial charge in [-0.05, 0) is 5.56 Å². The first-order valence-corrected chi connectivity index (χ1v) is 8.49. The molecule has 0 fully saturated rings. The molecule has 5 heteroatoms. The molecule has 0 saturated carbocycles. The highest BCUT2D eigenvalue weighted by Gasteiger charge is 2.14. The van der Waals surface area contributed by atoms with Gasteiger partial charge in [-0.1, -0.05) is 72.8 Å². The Morgan fingerprint density at radius 3 is 2.07 bits per heavy atom. The van der Waals surface area contributed by atoms with Crippen molar-refractivity contribution in [2.24, 2.45) is 4.99 Å². The van der Waals surface area contributed by atoms with Crippen LogP contribution in [0.3, 0.4) is 0 Å². The SMILES string of the molecule is N#CC(Cc1cccc([N+](=O)[O-])c1)N=C(c1ccccc1)c1ccccc1. The van der Waals surface area contributed by atoms with E-state index in [1.165, 1.54) is 12.1 Å². The van der Waals surface area contributed by atoms with E-state index in [0.29, 0.717) is 12.0 Å². The quantitative estimate of drug-likeness (QED) is 0.369. The summed E-state index contributed by atoms with van der Waals surface area (Å²) in [5.74, 6) is 0. The number of nitro groups is 1. The van der Waals surface area contributed by atoms with Crippen LogP contribution in [0.15, 0.2) is 89.9 Å². The zero-order valence-electron chi connectivity index (χ0n) is 14.5. The Morgan fingerprint density at radius 1 is 0.963 bits per heavy atom. The minimum absolute atomic E-state index is 0.0134. The van der Waals surface area contributed by atoms with Gasteiger partial charge in [-0.3, -0.25) is 15.1 Å². The Kier molecular flexibility index (Phi) is 5.70. The van der Waals surface area contributed by atoms with Crippen molar-refractivity contribution in [1.29, 1.82) is 5.26 Å². The number of aliphatic imine (C=N–C) groups is 1. The normalized spacial score (nSPS) is 11.2. The van der Waals surface area contributed by atoms with Gasteiger partial charge < -0.3 is 0 Å². The monoisotopic (exact) mass is 355 g/mol. The fourth-order valence-electron chi connectivity index (χ4n) is 2.80. The fraction of sp³-hybridized carbons (Fsp3) is 0.0909. The molecule has 3 aromatic rings. The molecule has 27 heavy (non-hydrogen) atoms. The van der Waals surface area contributed by atoms with Crippen LogP contribution in [0.2, 0.25) is 0 Å².